The molecule has 1 aliphatic rings. The molecule has 2 aromatic heterocycles. The number of rotatable bonds is 2. The summed E-state index contributed by atoms with van der Waals surface area (Å²) in [6.07, 6.45) is -0.293. The lowest BCUT2D eigenvalue weighted by atomic mass is 10.2. The fraction of sp³-hybridized carbons (Fsp3) is 0.357. The number of nitrogens with zero attached hydrogens (tertiary/aromatic N) is 5. The summed E-state index contributed by atoms with van der Waals surface area (Å²) < 4.78 is 37.9. The van der Waals surface area contributed by atoms with Gasteiger partial charge in [-0.2, -0.15) is 13.2 Å². The maximum atomic E-state index is 12.6. The minimum atomic E-state index is -4.45. The largest absolute Gasteiger partial charge is 0.417 e. The first-order valence-electron chi connectivity index (χ1n) is 6.95. The second-order valence-corrected chi connectivity index (χ2v) is 5.46. The summed E-state index contributed by atoms with van der Waals surface area (Å²) in [7, 11) is 0. The van der Waals surface area contributed by atoms with E-state index in [9.17, 15) is 13.2 Å². The van der Waals surface area contributed by atoms with Gasteiger partial charge >= 0.3 is 6.18 Å². The molecule has 0 aromatic carbocycles. The number of piperazine rings is 1. The molecule has 0 aliphatic carbocycles. The smallest absolute Gasteiger partial charge is 0.352 e. The van der Waals surface area contributed by atoms with Gasteiger partial charge in [-0.15, -0.1) is 0 Å². The quantitative estimate of drug-likeness (QED) is 0.839. The van der Waals surface area contributed by atoms with E-state index in [0.717, 1.165) is 12.3 Å². The molecule has 0 unspecified atom stereocenters. The maximum Gasteiger partial charge on any atom is 0.417 e. The van der Waals surface area contributed by atoms with Gasteiger partial charge in [0.25, 0.3) is 0 Å². The van der Waals surface area contributed by atoms with E-state index in [1.165, 1.54) is 0 Å². The molecule has 0 N–H and O–H groups in total. The zero-order valence-corrected chi connectivity index (χ0v) is 12.7. The van der Waals surface area contributed by atoms with Crippen molar-refractivity contribution >= 4 is 23.4 Å². The third kappa shape index (κ3) is 3.47. The van der Waals surface area contributed by atoms with E-state index in [-0.39, 0.29) is 5.02 Å². The van der Waals surface area contributed by atoms with E-state index in [2.05, 4.69) is 15.0 Å². The summed E-state index contributed by atoms with van der Waals surface area (Å²) in [5.41, 5.74) is -0.845. The standard InChI is InChI=1S/C14H13ClF3N5/c15-11-8-10(14(16,17)18)9-21-12(11)22-4-6-23(7-5-22)13-19-2-1-3-20-13/h1-3,8-9H,4-7H2. The first kappa shape index (κ1) is 15.8. The summed E-state index contributed by atoms with van der Waals surface area (Å²) in [4.78, 5) is 16.1. The average molecular weight is 344 g/mol. The summed E-state index contributed by atoms with van der Waals surface area (Å²) >= 11 is 5.98. The van der Waals surface area contributed by atoms with Crippen molar-refractivity contribution in [2.75, 3.05) is 36.0 Å². The third-order valence-electron chi connectivity index (χ3n) is 3.56. The van der Waals surface area contributed by atoms with Gasteiger partial charge in [-0.05, 0) is 12.1 Å². The van der Waals surface area contributed by atoms with Crippen molar-refractivity contribution in [1.29, 1.82) is 0 Å². The van der Waals surface area contributed by atoms with Crippen LogP contribution in [0, 0.1) is 0 Å². The molecule has 1 saturated heterocycles. The summed E-state index contributed by atoms with van der Waals surface area (Å²) in [6.45, 7) is 2.44. The molecule has 1 aliphatic heterocycles. The van der Waals surface area contributed by atoms with Crippen LogP contribution in [0.2, 0.25) is 5.02 Å². The topological polar surface area (TPSA) is 45.2 Å². The molecule has 9 heteroatoms. The van der Waals surface area contributed by atoms with E-state index >= 15 is 0 Å². The van der Waals surface area contributed by atoms with E-state index in [4.69, 9.17) is 11.6 Å². The Balaban J connectivity index is 1.71. The molecule has 5 nitrogen and oxygen atoms in total. The molecule has 0 saturated carbocycles. The molecule has 3 heterocycles. The highest BCUT2D eigenvalue weighted by molar-refractivity contribution is 6.33. The van der Waals surface area contributed by atoms with Crippen LogP contribution >= 0.6 is 11.6 Å². The van der Waals surface area contributed by atoms with Gasteiger partial charge in [-0.3, -0.25) is 0 Å². The highest BCUT2D eigenvalue weighted by Gasteiger charge is 2.32. The van der Waals surface area contributed by atoms with Crippen LogP contribution in [0.15, 0.2) is 30.7 Å². The van der Waals surface area contributed by atoms with Crippen molar-refractivity contribution in [2.24, 2.45) is 0 Å². The van der Waals surface area contributed by atoms with Crippen LogP contribution in [-0.2, 0) is 6.18 Å². The van der Waals surface area contributed by atoms with Gasteiger partial charge < -0.3 is 9.80 Å². The lowest BCUT2D eigenvalue weighted by molar-refractivity contribution is -0.137. The Labute approximate surface area is 135 Å². The Hall–Kier alpha value is -2.09. The van der Waals surface area contributed by atoms with Crippen molar-refractivity contribution in [1.82, 2.24) is 15.0 Å². The van der Waals surface area contributed by atoms with Crippen molar-refractivity contribution in [3.8, 4) is 0 Å². The molecule has 0 atom stereocenters. The van der Waals surface area contributed by atoms with Crippen LogP contribution in [0.3, 0.4) is 0 Å². The van der Waals surface area contributed by atoms with Crippen molar-refractivity contribution < 1.29 is 13.2 Å². The summed E-state index contributed by atoms with van der Waals surface area (Å²) in [5.74, 6) is 1.01. The number of pyridine rings is 1. The van der Waals surface area contributed by atoms with E-state index in [1.807, 2.05) is 9.80 Å². The Morgan fingerprint density at radius 2 is 1.57 bits per heavy atom. The van der Waals surface area contributed by atoms with Gasteiger partial charge in [0, 0.05) is 44.8 Å². The third-order valence-corrected chi connectivity index (χ3v) is 3.84. The van der Waals surface area contributed by atoms with Crippen molar-refractivity contribution in [2.45, 2.75) is 6.18 Å². The second-order valence-electron chi connectivity index (χ2n) is 5.05. The van der Waals surface area contributed by atoms with Crippen LogP contribution in [0.5, 0.6) is 0 Å². The van der Waals surface area contributed by atoms with Crippen molar-refractivity contribution in [3.05, 3.63) is 41.3 Å². The number of hydrogen-bond acceptors (Lipinski definition) is 5. The molecule has 23 heavy (non-hydrogen) atoms. The Morgan fingerprint density at radius 1 is 0.957 bits per heavy atom. The molecule has 0 spiro atoms. The molecule has 0 amide bonds. The van der Waals surface area contributed by atoms with Gasteiger partial charge in [0.2, 0.25) is 5.95 Å². The van der Waals surface area contributed by atoms with Crippen LogP contribution in [0.1, 0.15) is 5.56 Å². The molecule has 122 valence electrons. The second kappa shape index (κ2) is 6.19. The number of anilines is 2. The predicted octanol–water partition coefficient (Wildman–Crippen LogP) is 2.87. The molecule has 0 bridgehead atoms. The lowest BCUT2D eigenvalue weighted by Gasteiger charge is -2.35. The van der Waals surface area contributed by atoms with Gasteiger partial charge in [0.05, 0.1) is 10.6 Å². The van der Waals surface area contributed by atoms with E-state index < -0.39 is 11.7 Å². The average Bonchev–Trinajstić information content (AvgIpc) is 2.55. The number of alkyl halides is 3. The fourth-order valence-electron chi connectivity index (χ4n) is 2.39. The SMILES string of the molecule is FC(F)(F)c1cnc(N2CCN(c3ncccn3)CC2)c(Cl)c1. The summed E-state index contributed by atoms with van der Waals surface area (Å²) in [6, 6.07) is 2.65. The zero-order valence-electron chi connectivity index (χ0n) is 12.0. The number of halogens is 4. The molecular formula is C14H13ClF3N5. The van der Waals surface area contributed by atoms with E-state index in [0.29, 0.717) is 37.9 Å². The first-order valence-corrected chi connectivity index (χ1v) is 7.32. The molecule has 3 rings (SSSR count). The predicted molar refractivity (Wildman–Crippen MR) is 80.7 cm³/mol. The minimum Gasteiger partial charge on any atom is -0.352 e. The molecular weight excluding hydrogens is 331 g/mol. The maximum absolute atomic E-state index is 12.6. The fourth-order valence-corrected chi connectivity index (χ4v) is 2.68. The monoisotopic (exact) mass is 343 g/mol. The van der Waals surface area contributed by atoms with Gasteiger partial charge in [-0.25, -0.2) is 15.0 Å². The Bertz CT molecular complexity index is 672. The highest BCUT2D eigenvalue weighted by atomic mass is 35.5. The number of hydrogen-bond donors (Lipinski definition) is 0. The lowest BCUT2D eigenvalue weighted by Crippen LogP contribution is -2.47. The number of aromatic nitrogens is 3. The van der Waals surface area contributed by atoms with Crippen LogP contribution in [0.4, 0.5) is 24.9 Å². The first-order chi connectivity index (χ1) is 10.9. The summed E-state index contributed by atoms with van der Waals surface area (Å²) in [5, 5.41) is 0.00392. The van der Waals surface area contributed by atoms with Crippen LogP contribution in [-0.4, -0.2) is 41.1 Å². The highest BCUT2D eigenvalue weighted by Crippen LogP contribution is 2.33. The van der Waals surface area contributed by atoms with Crippen LogP contribution in [0.25, 0.3) is 0 Å². The van der Waals surface area contributed by atoms with E-state index in [1.54, 1.807) is 18.5 Å². The Kier molecular flexibility index (Phi) is 4.25. The normalized spacial score (nSPS) is 15.8. The van der Waals surface area contributed by atoms with Crippen molar-refractivity contribution in [3.63, 3.8) is 0 Å². The van der Waals surface area contributed by atoms with Gasteiger partial charge in [-0.1, -0.05) is 11.6 Å². The Morgan fingerprint density at radius 3 is 2.13 bits per heavy atom. The molecule has 1 fully saturated rings. The van der Waals surface area contributed by atoms with Crippen LogP contribution < -0.4 is 9.80 Å². The molecule has 0 radical (unpaired) electrons. The molecule has 2 aromatic rings. The minimum absolute atomic E-state index is 0.00392. The van der Waals surface area contributed by atoms with Gasteiger partial charge in [0.1, 0.15) is 5.82 Å². The zero-order chi connectivity index (χ0) is 16.4. The van der Waals surface area contributed by atoms with Gasteiger partial charge in [0.15, 0.2) is 0 Å².